The van der Waals surface area contributed by atoms with Crippen molar-refractivity contribution in [3.05, 3.63) is 58.3 Å². The van der Waals surface area contributed by atoms with Crippen LogP contribution in [-0.4, -0.2) is 21.4 Å². The molecule has 0 amide bonds. The van der Waals surface area contributed by atoms with Crippen LogP contribution in [0.1, 0.15) is 17.0 Å². The average molecular weight is 379 g/mol. The monoisotopic (exact) mass is 378 g/mol. The first-order valence-electron chi connectivity index (χ1n) is 6.95. The smallest absolute Gasteiger partial charge is 0.171 e. The van der Waals surface area contributed by atoms with E-state index in [4.69, 9.17) is 12.2 Å². The van der Waals surface area contributed by atoms with E-state index in [0.29, 0.717) is 11.7 Å². The predicted octanol–water partition coefficient (Wildman–Crippen LogP) is 3.78. The summed E-state index contributed by atoms with van der Waals surface area (Å²) in [6.07, 6.45) is 1.77. The molecule has 0 unspecified atom stereocenters. The van der Waals surface area contributed by atoms with Crippen molar-refractivity contribution in [2.24, 2.45) is 0 Å². The zero-order valence-corrected chi connectivity index (χ0v) is 15.1. The Kier molecular flexibility index (Phi) is 5.74. The van der Waals surface area contributed by atoms with Crippen LogP contribution in [0.2, 0.25) is 0 Å². The van der Waals surface area contributed by atoms with Crippen molar-refractivity contribution in [1.82, 2.24) is 15.1 Å². The molecule has 2 N–H and O–H groups in total. The molecular formula is C16H19BrN4S. The predicted molar refractivity (Wildman–Crippen MR) is 99.4 cm³/mol. The molecule has 2 aromatic rings. The summed E-state index contributed by atoms with van der Waals surface area (Å²) in [7, 11) is 0. The van der Waals surface area contributed by atoms with Crippen LogP contribution in [-0.2, 0) is 6.54 Å². The van der Waals surface area contributed by atoms with E-state index in [0.717, 1.165) is 33.7 Å². The number of halogens is 1. The van der Waals surface area contributed by atoms with Gasteiger partial charge in [0.1, 0.15) is 0 Å². The normalized spacial score (nSPS) is 10.3. The SMILES string of the molecule is C=CCNC(=S)Nc1cccc(Cn2nc(C)c(Br)c2C)c1. The van der Waals surface area contributed by atoms with Gasteiger partial charge in [0.15, 0.2) is 5.11 Å². The third-order valence-electron chi connectivity index (χ3n) is 3.22. The molecule has 116 valence electrons. The van der Waals surface area contributed by atoms with E-state index in [1.54, 1.807) is 6.08 Å². The number of aryl methyl sites for hydroxylation is 1. The molecule has 0 radical (unpaired) electrons. The zero-order chi connectivity index (χ0) is 16.1. The summed E-state index contributed by atoms with van der Waals surface area (Å²) in [6, 6.07) is 8.15. The lowest BCUT2D eigenvalue weighted by atomic mass is 10.2. The van der Waals surface area contributed by atoms with E-state index in [2.05, 4.69) is 57.3 Å². The van der Waals surface area contributed by atoms with Crippen LogP contribution in [0.3, 0.4) is 0 Å². The van der Waals surface area contributed by atoms with E-state index in [-0.39, 0.29) is 0 Å². The van der Waals surface area contributed by atoms with Gasteiger partial charge in [-0.2, -0.15) is 5.10 Å². The second kappa shape index (κ2) is 7.56. The molecule has 1 aromatic carbocycles. The van der Waals surface area contributed by atoms with E-state index in [1.165, 1.54) is 0 Å². The first-order valence-corrected chi connectivity index (χ1v) is 8.15. The molecule has 4 nitrogen and oxygen atoms in total. The minimum absolute atomic E-state index is 0.589. The van der Waals surface area contributed by atoms with Crippen molar-refractivity contribution in [3.8, 4) is 0 Å². The van der Waals surface area contributed by atoms with Crippen LogP contribution < -0.4 is 10.6 Å². The standard InChI is InChI=1S/C16H19BrN4S/c1-4-8-18-16(22)19-14-7-5-6-13(9-14)10-21-12(3)15(17)11(2)20-21/h4-7,9H,1,8,10H2,2-3H3,(H2,18,19,22). The lowest BCUT2D eigenvalue weighted by molar-refractivity contribution is 0.659. The summed E-state index contributed by atoms with van der Waals surface area (Å²) in [5, 5.41) is 11.3. The minimum atomic E-state index is 0.589. The highest BCUT2D eigenvalue weighted by Crippen LogP contribution is 2.21. The van der Waals surface area contributed by atoms with Gasteiger partial charge in [-0.15, -0.1) is 6.58 Å². The van der Waals surface area contributed by atoms with Gasteiger partial charge < -0.3 is 10.6 Å². The maximum absolute atomic E-state index is 5.22. The maximum atomic E-state index is 5.22. The summed E-state index contributed by atoms with van der Waals surface area (Å²) in [5.41, 5.74) is 4.25. The molecule has 0 saturated carbocycles. The molecule has 0 saturated heterocycles. The van der Waals surface area contributed by atoms with Gasteiger partial charge >= 0.3 is 0 Å². The quantitative estimate of drug-likeness (QED) is 0.613. The maximum Gasteiger partial charge on any atom is 0.171 e. The van der Waals surface area contributed by atoms with Crippen molar-refractivity contribution in [3.63, 3.8) is 0 Å². The van der Waals surface area contributed by atoms with Gasteiger partial charge in [-0.3, -0.25) is 4.68 Å². The fourth-order valence-electron chi connectivity index (χ4n) is 2.09. The minimum Gasteiger partial charge on any atom is -0.359 e. The summed E-state index contributed by atoms with van der Waals surface area (Å²) < 4.78 is 3.06. The summed E-state index contributed by atoms with van der Waals surface area (Å²) in [4.78, 5) is 0. The summed E-state index contributed by atoms with van der Waals surface area (Å²) in [6.45, 7) is 9.07. The van der Waals surface area contributed by atoms with Gasteiger partial charge in [-0.25, -0.2) is 0 Å². The largest absolute Gasteiger partial charge is 0.359 e. The van der Waals surface area contributed by atoms with Crippen molar-refractivity contribution in [2.45, 2.75) is 20.4 Å². The van der Waals surface area contributed by atoms with Crippen molar-refractivity contribution in [2.75, 3.05) is 11.9 Å². The van der Waals surface area contributed by atoms with E-state index in [9.17, 15) is 0 Å². The van der Waals surface area contributed by atoms with Crippen LogP contribution >= 0.6 is 28.1 Å². The van der Waals surface area contributed by atoms with Crippen LogP contribution in [0.15, 0.2) is 41.4 Å². The summed E-state index contributed by atoms with van der Waals surface area (Å²) in [5.74, 6) is 0. The molecule has 22 heavy (non-hydrogen) atoms. The number of aromatic nitrogens is 2. The molecule has 1 heterocycles. The van der Waals surface area contributed by atoms with E-state index in [1.807, 2.05) is 23.7 Å². The molecule has 0 spiro atoms. The molecule has 6 heteroatoms. The van der Waals surface area contributed by atoms with Crippen LogP contribution in [0, 0.1) is 13.8 Å². The lowest BCUT2D eigenvalue weighted by Gasteiger charge is -2.11. The molecule has 2 rings (SSSR count). The van der Waals surface area contributed by atoms with Gasteiger partial charge in [0.2, 0.25) is 0 Å². The summed E-state index contributed by atoms with van der Waals surface area (Å²) >= 11 is 8.78. The Morgan fingerprint density at radius 1 is 1.45 bits per heavy atom. The lowest BCUT2D eigenvalue weighted by Crippen LogP contribution is -2.28. The Bertz CT molecular complexity index is 693. The highest BCUT2D eigenvalue weighted by molar-refractivity contribution is 9.10. The highest BCUT2D eigenvalue weighted by Gasteiger charge is 2.09. The van der Waals surface area contributed by atoms with Crippen molar-refractivity contribution >= 4 is 38.9 Å². The molecule has 0 bridgehead atoms. The van der Waals surface area contributed by atoms with Crippen LogP contribution in [0.4, 0.5) is 5.69 Å². The molecule has 0 aliphatic rings. The molecule has 0 aliphatic carbocycles. The third-order valence-corrected chi connectivity index (χ3v) is 4.61. The van der Waals surface area contributed by atoms with Crippen molar-refractivity contribution in [1.29, 1.82) is 0 Å². The fraction of sp³-hybridized carbons (Fsp3) is 0.250. The Hall–Kier alpha value is -1.66. The number of thiocarbonyl (C=S) groups is 1. The molecular weight excluding hydrogens is 360 g/mol. The first kappa shape index (κ1) is 16.7. The van der Waals surface area contributed by atoms with Crippen molar-refractivity contribution < 1.29 is 0 Å². The molecule has 0 aliphatic heterocycles. The van der Waals surface area contributed by atoms with Gasteiger partial charge in [-0.1, -0.05) is 18.2 Å². The fourth-order valence-corrected chi connectivity index (χ4v) is 2.57. The number of rotatable bonds is 5. The Morgan fingerprint density at radius 3 is 2.86 bits per heavy atom. The Labute approximate surface area is 144 Å². The zero-order valence-electron chi connectivity index (χ0n) is 12.7. The third kappa shape index (κ3) is 4.18. The van der Waals surface area contributed by atoms with E-state index >= 15 is 0 Å². The number of nitrogens with zero attached hydrogens (tertiary/aromatic N) is 2. The van der Waals surface area contributed by atoms with Crippen LogP contribution in [0.25, 0.3) is 0 Å². The Morgan fingerprint density at radius 2 is 2.23 bits per heavy atom. The number of hydrogen-bond acceptors (Lipinski definition) is 2. The molecule has 0 atom stereocenters. The second-order valence-corrected chi connectivity index (χ2v) is 6.17. The van der Waals surface area contributed by atoms with Gasteiger partial charge in [-0.05, 0) is 59.7 Å². The number of hydrogen-bond donors (Lipinski definition) is 2. The topological polar surface area (TPSA) is 41.9 Å². The molecule has 1 aromatic heterocycles. The Balaban J connectivity index is 2.09. The number of benzene rings is 1. The van der Waals surface area contributed by atoms with Crippen LogP contribution in [0.5, 0.6) is 0 Å². The van der Waals surface area contributed by atoms with E-state index < -0.39 is 0 Å². The average Bonchev–Trinajstić information content (AvgIpc) is 2.73. The first-order chi connectivity index (χ1) is 10.5. The molecule has 0 fully saturated rings. The number of nitrogens with one attached hydrogen (secondary N) is 2. The number of anilines is 1. The second-order valence-electron chi connectivity index (χ2n) is 4.97. The van der Waals surface area contributed by atoms with Gasteiger partial charge in [0.05, 0.1) is 22.4 Å². The van der Waals surface area contributed by atoms with Gasteiger partial charge in [0, 0.05) is 12.2 Å². The highest BCUT2D eigenvalue weighted by atomic mass is 79.9. The van der Waals surface area contributed by atoms with Gasteiger partial charge in [0.25, 0.3) is 0 Å².